The number of carbonyl (C=O) groups excluding carboxylic acids is 1. The Labute approximate surface area is 220 Å². The van der Waals surface area contributed by atoms with Crippen LogP contribution in [0.15, 0.2) is 16.6 Å². The van der Waals surface area contributed by atoms with Gasteiger partial charge in [-0.2, -0.15) is 5.26 Å². The number of fused-ring (bicyclic) bond motifs is 1. The molecule has 0 saturated heterocycles. The molecule has 1 aliphatic carbocycles. The van der Waals surface area contributed by atoms with Crippen LogP contribution in [0.2, 0.25) is 0 Å². The van der Waals surface area contributed by atoms with Gasteiger partial charge in [0.25, 0.3) is 0 Å². The standard InChI is InChI=1S/C26H33N5OS3/c1-7-31-23(16-10-20(15(2)3)33-13-16)29-30-25(31)34-14-22(32)28-24-19(12-27)18-9-8-17(26(4,5)6)11-21(18)35-24/h10,13,15,17H,7-9,11,14H2,1-6H3,(H,28,32). The van der Waals surface area contributed by atoms with Gasteiger partial charge in [0.05, 0.1) is 11.3 Å². The highest BCUT2D eigenvalue weighted by Crippen LogP contribution is 2.44. The van der Waals surface area contributed by atoms with Crippen LogP contribution in [0, 0.1) is 22.7 Å². The van der Waals surface area contributed by atoms with Gasteiger partial charge in [-0.3, -0.25) is 4.79 Å². The monoisotopic (exact) mass is 527 g/mol. The number of thiophene rings is 2. The SMILES string of the molecule is CCn1c(SCC(=O)Nc2sc3c(c2C#N)CCC(C(C)(C)C)C3)nnc1-c1csc(C(C)C)c1. The van der Waals surface area contributed by atoms with Gasteiger partial charge >= 0.3 is 0 Å². The zero-order valence-corrected chi connectivity index (χ0v) is 23.7. The van der Waals surface area contributed by atoms with Crippen LogP contribution in [-0.4, -0.2) is 26.4 Å². The third-order valence-corrected chi connectivity index (χ3v) is 10.0. The zero-order chi connectivity index (χ0) is 25.3. The molecule has 3 aromatic heterocycles. The highest BCUT2D eigenvalue weighted by Gasteiger charge is 2.32. The van der Waals surface area contributed by atoms with Crippen molar-refractivity contribution >= 4 is 45.3 Å². The molecule has 9 heteroatoms. The molecule has 35 heavy (non-hydrogen) atoms. The molecule has 1 atom stereocenters. The van der Waals surface area contributed by atoms with E-state index in [1.165, 1.54) is 21.5 Å². The summed E-state index contributed by atoms with van der Waals surface area (Å²) >= 11 is 4.70. The Hall–Kier alpha value is -2.15. The Kier molecular flexibility index (Phi) is 7.74. The van der Waals surface area contributed by atoms with Crippen molar-refractivity contribution in [3.63, 3.8) is 0 Å². The summed E-state index contributed by atoms with van der Waals surface area (Å²) in [5.41, 5.74) is 3.09. The van der Waals surface area contributed by atoms with E-state index in [0.29, 0.717) is 22.4 Å². The third kappa shape index (κ3) is 5.50. The van der Waals surface area contributed by atoms with E-state index in [2.05, 4.69) is 79.1 Å². The van der Waals surface area contributed by atoms with E-state index >= 15 is 0 Å². The number of nitriles is 1. The topological polar surface area (TPSA) is 83.6 Å². The van der Waals surface area contributed by atoms with Gasteiger partial charge in [0, 0.05) is 27.2 Å². The van der Waals surface area contributed by atoms with Crippen LogP contribution in [0.1, 0.15) is 74.8 Å². The molecule has 0 saturated carbocycles. The normalized spacial score (nSPS) is 15.8. The van der Waals surface area contributed by atoms with Crippen LogP contribution >= 0.6 is 34.4 Å². The molecule has 0 fully saturated rings. The quantitative estimate of drug-likeness (QED) is 0.336. The average molecular weight is 528 g/mol. The fourth-order valence-corrected chi connectivity index (χ4v) is 7.49. The molecule has 3 aromatic rings. The maximum absolute atomic E-state index is 12.9. The van der Waals surface area contributed by atoms with Crippen molar-refractivity contribution in [2.75, 3.05) is 11.1 Å². The Bertz CT molecular complexity index is 1260. The second-order valence-corrected chi connectivity index (χ2v) is 13.4. The first-order valence-electron chi connectivity index (χ1n) is 12.1. The van der Waals surface area contributed by atoms with Crippen molar-refractivity contribution in [2.45, 2.75) is 78.4 Å². The number of amides is 1. The summed E-state index contributed by atoms with van der Waals surface area (Å²) in [7, 11) is 0. The highest BCUT2D eigenvalue weighted by molar-refractivity contribution is 7.99. The van der Waals surface area contributed by atoms with E-state index in [1.54, 1.807) is 22.7 Å². The zero-order valence-electron chi connectivity index (χ0n) is 21.3. The van der Waals surface area contributed by atoms with Gasteiger partial charge in [-0.15, -0.1) is 32.9 Å². The molecule has 0 spiro atoms. The van der Waals surface area contributed by atoms with Crippen molar-refractivity contribution in [2.24, 2.45) is 11.3 Å². The Balaban J connectivity index is 1.44. The molecule has 1 N–H and O–H groups in total. The number of thioether (sulfide) groups is 1. The summed E-state index contributed by atoms with van der Waals surface area (Å²) in [4.78, 5) is 15.4. The molecule has 0 radical (unpaired) electrons. The number of aromatic nitrogens is 3. The number of nitrogens with zero attached hydrogens (tertiary/aromatic N) is 4. The minimum Gasteiger partial charge on any atom is -0.316 e. The van der Waals surface area contributed by atoms with Crippen molar-refractivity contribution in [1.82, 2.24) is 14.8 Å². The first kappa shape index (κ1) is 25.9. The molecule has 0 bridgehead atoms. The fourth-order valence-electron chi connectivity index (χ4n) is 4.49. The molecule has 186 valence electrons. The van der Waals surface area contributed by atoms with Crippen LogP contribution in [0.4, 0.5) is 5.00 Å². The van der Waals surface area contributed by atoms with Crippen molar-refractivity contribution in [1.29, 1.82) is 5.26 Å². The molecule has 1 aliphatic rings. The van der Waals surface area contributed by atoms with E-state index in [-0.39, 0.29) is 17.1 Å². The summed E-state index contributed by atoms with van der Waals surface area (Å²) in [5.74, 6) is 2.00. The number of rotatable bonds is 7. The van der Waals surface area contributed by atoms with Gasteiger partial charge in [-0.1, -0.05) is 46.4 Å². The van der Waals surface area contributed by atoms with E-state index in [4.69, 9.17) is 0 Å². The minimum atomic E-state index is -0.123. The fraction of sp³-hybridized carbons (Fsp3) is 0.538. The molecule has 0 aliphatic heterocycles. The second-order valence-electron chi connectivity index (χ2n) is 10.4. The lowest BCUT2D eigenvalue weighted by Gasteiger charge is -2.33. The molecule has 4 rings (SSSR count). The van der Waals surface area contributed by atoms with Gasteiger partial charge in [0.15, 0.2) is 11.0 Å². The summed E-state index contributed by atoms with van der Waals surface area (Å²) in [6, 6.07) is 4.53. The largest absolute Gasteiger partial charge is 0.316 e. The molecule has 0 aromatic carbocycles. The van der Waals surface area contributed by atoms with Gasteiger partial charge in [-0.25, -0.2) is 0 Å². The molecular weight excluding hydrogens is 495 g/mol. The smallest absolute Gasteiger partial charge is 0.235 e. The number of carbonyl (C=O) groups is 1. The van der Waals surface area contributed by atoms with Gasteiger partial charge < -0.3 is 9.88 Å². The van der Waals surface area contributed by atoms with Crippen molar-refractivity contribution in [3.8, 4) is 17.5 Å². The lowest BCUT2D eigenvalue weighted by Crippen LogP contribution is -2.26. The van der Waals surface area contributed by atoms with E-state index in [1.807, 2.05) is 0 Å². The first-order chi connectivity index (χ1) is 16.6. The first-order valence-corrected chi connectivity index (χ1v) is 14.8. The molecule has 1 amide bonds. The maximum Gasteiger partial charge on any atom is 0.235 e. The predicted molar refractivity (Wildman–Crippen MR) is 146 cm³/mol. The Morgan fingerprint density at radius 2 is 2.14 bits per heavy atom. The molecular formula is C26H33N5OS3. The van der Waals surface area contributed by atoms with E-state index in [9.17, 15) is 10.1 Å². The van der Waals surface area contributed by atoms with Gasteiger partial charge in [0.1, 0.15) is 11.1 Å². The van der Waals surface area contributed by atoms with Crippen LogP contribution in [-0.2, 0) is 24.2 Å². The number of anilines is 1. The maximum atomic E-state index is 12.9. The predicted octanol–water partition coefficient (Wildman–Crippen LogP) is 6.96. The van der Waals surface area contributed by atoms with Crippen molar-refractivity contribution < 1.29 is 4.79 Å². The number of nitrogens with one attached hydrogen (secondary N) is 1. The van der Waals surface area contributed by atoms with Crippen molar-refractivity contribution in [3.05, 3.63) is 32.3 Å². The number of hydrogen-bond donors (Lipinski definition) is 1. The minimum absolute atomic E-state index is 0.123. The lowest BCUT2D eigenvalue weighted by atomic mass is 9.72. The van der Waals surface area contributed by atoms with Crippen LogP contribution < -0.4 is 5.32 Å². The van der Waals surface area contributed by atoms with E-state index < -0.39 is 0 Å². The third-order valence-electron chi connectivity index (χ3n) is 6.67. The number of hydrogen-bond acceptors (Lipinski definition) is 7. The molecule has 6 nitrogen and oxygen atoms in total. The van der Waals surface area contributed by atoms with Crippen LogP contribution in [0.3, 0.4) is 0 Å². The summed E-state index contributed by atoms with van der Waals surface area (Å²) in [5, 5.41) is 25.1. The van der Waals surface area contributed by atoms with Gasteiger partial charge in [0.2, 0.25) is 5.91 Å². The molecule has 3 heterocycles. The summed E-state index contributed by atoms with van der Waals surface area (Å²) in [6.45, 7) is 14.0. The van der Waals surface area contributed by atoms with E-state index in [0.717, 1.165) is 47.9 Å². The lowest BCUT2D eigenvalue weighted by molar-refractivity contribution is -0.113. The second kappa shape index (κ2) is 10.5. The van der Waals surface area contributed by atoms with Crippen LogP contribution in [0.25, 0.3) is 11.4 Å². The summed E-state index contributed by atoms with van der Waals surface area (Å²) in [6.07, 6.45) is 2.97. The highest BCUT2D eigenvalue weighted by atomic mass is 32.2. The molecule has 1 unspecified atom stereocenters. The Morgan fingerprint density at radius 3 is 2.77 bits per heavy atom. The Morgan fingerprint density at radius 1 is 1.37 bits per heavy atom. The van der Waals surface area contributed by atoms with Gasteiger partial charge in [-0.05, 0) is 55.1 Å². The average Bonchev–Trinajstić information content (AvgIpc) is 3.52. The summed E-state index contributed by atoms with van der Waals surface area (Å²) < 4.78 is 2.06. The van der Waals surface area contributed by atoms with Crippen LogP contribution in [0.5, 0.6) is 0 Å².